The van der Waals surface area contributed by atoms with Crippen LogP contribution in [0.4, 0.5) is 5.13 Å². The summed E-state index contributed by atoms with van der Waals surface area (Å²) < 4.78 is 34.7. The predicted molar refractivity (Wildman–Crippen MR) is 161 cm³/mol. The molecule has 0 spiro atoms. The van der Waals surface area contributed by atoms with Crippen molar-refractivity contribution in [1.29, 1.82) is 0 Å². The lowest BCUT2D eigenvalue weighted by atomic mass is 9.96. The topological polar surface area (TPSA) is 83.0 Å². The predicted octanol–water partition coefficient (Wildman–Crippen LogP) is 5.67. The fourth-order valence-electron chi connectivity index (χ4n) is 4.86. The van der Waals surface area contributed by atoms with E-state index >= 15 is 0 Å². The average molecular weight is 595 g/mol. The van der Waals surface area contributed by atoms with Gasteiger partial charge in [-0.05, 0) is 83.2 Å². The van der Waals surface area contributed by atoms with Crippen LogP contribution in [-0.2, 0) is 10.0 Å². The van der Waals surface area contributed by atoms with Crippen molar-refractivity contribution in [2.45, 2.75) is 56.4 Å². The molecule has 0 unspecified atom stereocenters. The molecule has 11 heteroatoms. The molecule has 1 amide bonds. The first-order chi connectivity index (χ1) is 18.2. The molecule has 39 heavy (non-hydrogen) atoms. The molecule has 0 bridgehead atoms. The number of aromatic nitrogens is 1. The van der Waals surface area contributed by atoms with E-state index in [9.17, 15) is 13.2 Å². The molecular formula is C28H39ClN4O4S2. The lowest BCUT2D eigenvalue weighted by Crippen LogP contribution is -2.38. The number of para-hydroxylation sites is 1. The zero-order valence-corrected chi connectivity index (χ0v) is 25.6. The van der Waals surface area contributed by atoms with Crippen molar-refractivity contribution in [2.24, 2.45) is 0 Å². The van der Waals surface area contributed by atoms with Gasteiger partial charge in [0.15, 0.2) is 5.13 Å². The molecule has 1 aromatic heterocycles. The number of hydrogen-bond donors (Lipinski definition) is 0. The third-order valence-corrected chi connectivity index (χ3v) is 9.97. The monoisotopic (exact) mass is 594 g/mol. The molecule has 0 atom stereocenters. The standard InChI is InChI=1S/C28H38N4O4S2.ClH/c1-5-36-24-13-9-14-25-26(24)29-28(37-25)32(20-10-19-30(2)3)27(33)21-15-17-23(18-16-21)38(34,35)31(4)22-11-7-6-8-12-22;/h9,13-18,22H,5-8,10-12,19-20H2,1-4H3;1H. The van der Waals surface area contributed by atoms with Crippen molar-refractivity contribution in [3.05, 3.63) is 48.0 Å². The minimum atomic E-state index is -3.63. The van der Waals surface area contributed by atoms with Gasteiger partial charge in [-0.15, -0.1) is 12.4 Å². The van der Waals surface area contributed by atoms with Crippen molar-refractivity contribution < 1.29 is 17.9 Å². The molecule has 0 aliphatic heterocycles. The van der Waals surface area contributed by atoms with E-state index in [1.807, 2.05) is 39.2 Å². The maximum atomic E-state index is 13.7. The second kappa shape index (κ2) is 13.9. The lowest BCUT2D eigenvalue weighted by molar-refractivity contribution is 0.0986. The van der Waals surface area contributed by atoms with Crippen LogP contribution in [0.3, 0.4) is 0 Å². The van der Waals surface area contributed by atoms with E-state index in [1.54, 1.807) is 36.2 Å². The molecule has 1 fully saturated rings. The van der Waals surface area contributed by atoms with Gasteiger partial charge in [-0.3, -0.25) is 9.69 Å². The summed E-state index contributed by atoms with van der Waals surface area (Å²) in [6, 6.07) is 12.1. The van der Waals surface area contributed by atoms with Crippen LogP contribution in [0.15, 0.2) is 47.4 Å². The molecule has 214 valence electrons. The molecule has 8 nitrogen and oxygen atoms in total. The van der Waals surface area contributed by atoms with Crippen LogP contribution in [0.25, 0.3) is 10.2 Å². The van der Waals surface area contributed by atoms with Crippen molar-refractivity contribution in [3.8, 4) is 5.75 Å². The fraction of sp³-hybridized carbons (Fsp3) is 0.500. The summed E-state index contributed by atoms with van der Waals surface area (Å²) >= 11 is 1.45. The first-order valence-corrected chi connectivity index (χ1v) is 15.5. The van der Waals surface area contributed by atoms with Crippen LogP contribution in [0.2, 0.25) is 0 Å². The Bertz CT molecular complexity index is 1340. The number of anilines is 1. The average Bonchev–Trinajstić information content (AvgIpc) is 3.36. The number of fused-ring (bicyclic) bond motifs is 1. The lowest BCUT2D eigenvalue weighted by Gasteiger charge is -2.30. The van der Waals surface area contributed by atoms with E-state index in [2.05, 4.69) is 4.90 Å². The molecule has 0 N–H and O–H groups in total. The largest absolute Gasteiger partial charge is 0.492 e. The Morgan fingerprint density at radius 2 is 1.72 bits per heavy atom. The summed E-state index contributed by atoms with van der Waals surface area (Å²) in [7, 11) is 2.04. The number of thiazole rings is 1. The minimum absolute atomic E-state index is 0. The zero-order valence-electron chi connectivity index (χ0n) is 23.1. The van der Waals surface area contributed by atoms with E-state index in [-0.39, 0.29) is 29.3 Å². The molecule has 1 saturated carbocycles. The van der Waals surface area contributed by atoms with Crippen LogP contribution in [0, 0.1) is 0 Å². The summed E-state index contributed by atoms with van der Waals surface area (Å²) in [5.41, 5.74) is 1.17. The van der Waals surface area contributed by atoms with Gasteiger partial charge in [0.05, 0.1) is 16.2 Å². The van der Waals surface area contributed by atoms with Crippen LogP contribution >= 0.6 is 23.7 Å². The third kappa shape index (κ3) is 7.29. The number of ether oxygens (including phenoxy) is 1. The number of sulfonamides is 1. The Balaban J connectivity index is 0.00000420. The van der Waals surface area contributed by atoms with Gasteiger partial charge in [0, 0.05) is 25.2 Å². The Morgan fingerprint density at radius 3 is 2.36 bits per heavy atom. The highest BCUT2D eigenvalue weighted by Crippen LogP contribution is 2.35. The van der Waals surface area contributed by atoms with E-state index in [0.29, 0.717) is 29.6 Å². The maximum absolute atomic E-state index is 13.7. The summed E-state index contributed by atoms with van der Waals surface area (Å²) in [6.07, 6.45) is 5.82. The highest BCUT2D eigenvalue weighted by Gasteiger charge is 2.29. The third-order valence-electron chi connectivity index (χ3n) is 7.00. The molecule has 2 aromatic carbocycles. The molecule has 1 heterocycles. The van der Waals surface area contributed by atoms with Gasteiger partial charge in [0.1, 0.15) is 11.3 Å². The summed E-state index contributed by atoms with van der Waals surface area (Å²) in [5.74, 6) is 0.496. The number of carbonyl (C=O) groups is 1. The zero-order chi connectivity index (χ0) is 27.3. The van der Waals surface area contributed by atoms with Crippen LogP contribution in [-0.4, -0.2) is 75.4 Å². The van der Waals surface area contributed by atoms with E-state index in [1.165, 1.54) is 15.6 Å². The Labute approximate surface area is 242 Å². The molecule has 0 radical (unpaired) electrons. The summed E-state index contributed by atoms with van der Waals surface area (Å²) in [6.45, 7) is 3.78. The maximum Gasteiger partial charge on any atom is 0.260 e. The Kier molecular flexibility index (Phi) is 11.1. The first kappa shape index (κ1) is 31.3. The number of nitrogens with zero attached hydrogens (tertiary/aromatic N) is 4. The molecule has 1 aliphatic rings. The number of carbonyl (C=O) groups excluding carboxylic acids is 1. The highest BCUT2D eigenvalue weighted by atomic mass is 35.5. The number of amides is 1. The van der Waals surface area contributed by atoms with E-state index < -0.39 is 10.0 Å². The number of halogens is 1. The Hall–Kier alpha value is -2.24. The van der Waals surface area contributed by atoms with Crippen LogP contribution < -0.4 is 9.64 Å². The molecular weight excluding hydrogens is 556 g/mol. The fourth-order valence-corrected chi connectivity index (χ4v) is 7.28. The highest BCUT2D eigenvalue weighted by molar-refractivity contribution is 7.89. The van der Waals surface area contributed by atoms with Crippen molar-refractivity contribution in [1.82, 2.24) is 14.2 Å². The van der Waals surface area contributed by atoms with Crippen molar-refractivity contribution in [2.75, 3.05) is 45.7 Å². The second-order valence-electron chi connectivity index (χ2n) is 9.98. The van der Waals surface area contributed by atoms with Gasteiger partial charge in [0.25, 0.3) is 5.91 Å². The quantitative estimate of drug-likeness (QED) is 0.284. The summed E-state index contributed by atoms with van der Waals surface area (Å²) in [4.78, 5) is 22.5. The molecule has 4 rings (SSSR count). The van der Waals surface area contributed by atoms with Crippen LogP contribution in [0.5, 0.6) is 5.75 Å². The van der Waals surface area contributed by atoms with Gasteiger partial charge in [-0.25, -0.2) is 13.4 Å². The summed E-state index contributed by atoms with van der Waals surface area (Å²) in [5, 5.41) is 0.602. The smallest absolute Gasteiger partial charge is 0.260 e. The minimum Gasteiger partial charge on any atom is -0.492 e. The SMILES string of the molecule is CCOc1cccc2sc(N(CCCN(C)C)C(=O)c3ccc(S(=O)(=O)N(C)C4CCCCC4)cc3)nc12.Cl. The molecule has 0 saturated heterocycles. The van der Waals surface area contributed by atoms with Crippen molar-refractivity contribution >= 4 is 55.0 Å². The number of rotatable bonds is 11. The van der Waals surface area contributed by atoms with E-state index in [4.69, 9.17) is 9.72 Å². The molecule has 3 aromatic rings. The Morgan fingerprint density at radius 1 is 1.03 bits per heavy atom. The molecule has 1 aliphatic carbocycles. The van der Waals surface area contributed by atoms with Gasteiger partial charge >= 0.3 is 0 Å². The van der Waals surface area contributed by atoms with Gasteiger partial charge < -0.3 is 9.64 Å². The van der Waals surface area contributed by atoms with Crippen LogP contribution in [0.1, 0.15) is 55.8 Å². The number of benzene rings is 2. The second-order valence-corrected chi connectivity index (χ2v) is 13.0. The van der Waals surface area contributed by atoms with E-state index in [0.717, 1.165) is 55.3 Å². The first-order valence-electron chi connectivity index (χ1n) is 13.3. The van der Waals surface area contributed by atoms with Gasteiger partial charge in [-0.1, -0.05) is 36.7 Å². The number of hydrogen-bond acceptors (Lipinski definition) is 7. The van der Waals surface area contributed by atoms with Crippen molar-refractivity contribution in [3.63, 3.8) is 0 Å². The van der Waals surface area contributed by atoms with Gasteiger partial charge in [0.2, 0.25) is 10.0 Å². The van der Waals surface area contributed by atoms with Gasteiger partial charge in [-0.2, -0.15) is 4.31 Å². The normalized spacial score (nSPS) is 14.5.